The lowest BCUT2D eigenvalue weighted by atomic mass is 10.0. The summed E-state index contributed by atoms with van der Waals surface area (Å²) in [4.78, 5) is 26.6. The van der Waals surface area contributed by atoms with E-state index in [4.69, 9.17) is 0 Å². The molecule has 0 radical (unpaired) electrons. The maximum Gasteiger partial charge on any atom is 0.418 e. The van der Waals surface area contributed by atoms with Gasteiger partial charge in [0.1, 0.15) is 17.7 Å². The van der Waals surface area contributed by atoms with Crippen LogP contribution >= 0.6 is 0 Å². The van der Waals surface area contributed by atoms with Gasteiger partial charge in [0.05, 0.1) is 28.9 Å². The number of anilines is 2. The van der Waals surface area contributed by atoms with Crippen LogP contribution in [0.25, 0.3) is 22.2 Å². The number of benzene rings is 2. The molecule has 7 nitrogen and oxygen atoms in total. The van der Waals surface area contributed by atoms with Gasteiger partial charge in [-0.3, -0.25) is 14.7 Å². The lowest BCUT2D eigenvalue weighted by Gasteiger charge is -2.32. The normalized spacial score (nSPS) is 16.6. The first-order valence-corrected chi connectivity index (χ1v) is 12.6. The Morgan fingerprint density at radius 1 is 0.976 bits per heavy atom. The predicted molar refractivity (Wildman–Crippen MR) is 138 cm³/mol. The van der Waals surface area contributed by atoms with Crippen molar-refractivity contribution in [3.8, 4) is 11.3 Å². The number of alkyl halides is 6. The number of aliphatic carboxylic acids is 1. The fourth-order valence-electron chi connectivity index (χ4n) is 4.88. The van der Waals surface area contributed by atoms with Gasteiger partial charge in [0.15, 0.2) is 0 Å². The van der Waals surface area contributed by atoms with E-state index in [0.717, 1.165) is 31.0 Å². The molecule has 214 valence electrons. The van der Waals surface area contributed by atoms with Gasteiger partial charge in [-0.1, -0.05) is 12.5 Å². The Morgan fingerprint density at radius 2 is 1.73 bits per heavy atom. The Hall–Kier alpha value is -4.26. The number of carbonyl (C=O) groups is 1. The van der Waals surface area contributed by atoms with Crippen molar-refractivity contribution in [1.29, 1.82) is 0 Å². The highest BCUT2D eigenvalue weighted by Crippen LogP contribution is 2.37. The minimum Gasteiger partial charge on any atom is -0.480 e. The number of hydrogen-bond donors (Lipinski definition) is 2. The molecule has 4 aromatic rings. The molecule has 0 amide bonds. The van der Waals surface area contributed by atoms with Crippen LogP contribution in [-0.2, 0) is 23.7 Å². The van der Waals surface area contributed by atoms with Crippen LogP contribution in [0.4, 0.5) is 37.8 Å². The molecule has 41 heavy (non-hydrogen) atoms. The first-order valence-electron chi connectivity index (χ1n) is 12.6. The van der Waals surface area contributed by atoms with Crippen molar-refractivity contribution >= 4 is 28.4 Å². The number of halogens is 6. The van der Waals surface area contributed by atoms with Crippen molar-refractivity contribution in [1.82, 2.24) is 19.9 Å². The van der Waals surface area contributed by atoms with Crippen molar-refractivity contribution in [3.63, 3.8) is 0 Å². The molecular formula is C28H23F6N5O2. The zero-order valence-electron chi connectivity index (χ0n) is 21.3. The van der Waals surface area contributed by atoms with Crippen molar-refractivity contribution in [3.05, 3.63) is 77.7 Å². The van der Waals surface area contributed by atoms with E-state index in [0.29, 0.717) is 24.0 Å². The van der Waals surface area contributed by atoms with Crippen molar-refractivity contribution in [2.45, 2.75) is 44.2 Å². The Kier molecular flexibility index (Phi) is 7.56. The molecule has 0 saturated carbocycles. The minimum atomic E-state index is -4.65. The van der Waals surface area contributed by atoms with Crippen LogP contribution < -0.4 is 5.32 Å². The van der Waals surface area contributed by atoms with E-state index in [1.54, 1.807) is 4.90 Å². The number of pyridine rings is 1. The molecule has 0 spiro atoms. The van der Waals surface area contributed by atoms with E-state index in [9.17, 15) is 36.2 Å². The second kappa shape index (κ2) is 11.0. The van der Waals surface area contributed by atoms with E-state index >= 15 is 0 Å². The maximum atomic E-state index is 13.7. The second-order valence-electron chi connectivity index (χ2n) is 9.64. The Morgan fingerprint density at radius 3 is 2.41 bits per heavy atom. The average Bonchev–Trinajstić information content (AvgIpc) is 2.92. The third kappa shape index (κ3) is 6.24. The summed E-state index contributed by atoms with van der Waals surface area (Å²) in [5.74, 6) is -0.572. The molecule has 0 bridgehead atoms. The molecule has 1 aliphatic heterocycles. The van der Waals surface area contributed by atoms with Crippen molar-refractivity contribution in [2.75, 3.05) is 11.9 Å². The number of piperidine rings is 1. The molecule has 1 aliphatic rings. The molecule has 1 saturated heterocycles. The summed E-state index contributed by atoms with van der Waals surface area (Å²) < 4.78 is 80.2. The van der Waals surface area contributed by atoms with Crippen LogP contribution in [0.2, 0.25) is 0 Å². The lowest BCUT2D eigenvalue weighted by Crippen LogP contribution is -2.44. The number of rotatable bonds is 6. The number of hydrogen-bond acceptors (Lipinski definition) is 6. The van der Waals surface area contributed by atoms with Crippen molar-refractivity contribution < 1.29 is 36.2 Å². The van der Waals surface area contributed by atoms with Crippen LogP contribution in [-0.4, -0.2) is 43.5 Å². The van der Waals surface area contributed by atoms with E-state index in [1.807, 2.05) is 0 Å². The zero-order valence-corrected chi connectivity index (χ0v) is 21.3. The molecule has 1 atom stereocenters. The highest BCUT2D eigenvalue weighted by molar-refractivity contribution is 5.93. The summed E-state index contributed by atoms with van der Waals surface area (Å²) in [7, 11) is 0. The molecule has 3 heterocycles. The molecule has 2 aromatic carbocycles. The second-order valence-corrected chi connectivity index (χ2v) is 9.64. The maximum absolute atomic E-state index is 13.7. The summed E-state index contributed by atoms with van der Waals surface area (Å²) >= 11 is 0. The van der Waals surface area contributed by atoms with Crippen LogP contribution in [0, 0.1) is 0 Å². The summed E-state index contributed by atoms with van der Waals surface area (Å²) in [6, 6.07) is 10.0. The molecular weight excluding hydrogens is 552 g/mol. The van der Waals surface area contributed by atoms with Gasteiger partial charge in [-0.15, -0.1) is 0 Å². The van der Waals surface area contributed by atoms with E-state index < -0.39 is 35.5 Å². The summed E-state index contributed by atoms with van der Waals surface area (Å²) in [6.07, 6.45) is -5.94. The quantitative estimate of drug-likeness (QED) is 0.242. The van der Waals surface area contributed by atoms with Gasteiger partial charge in [0, 0.05) is 22.8 Å². The molecule has 1 unspecified atom stereocenters. The predicted octanol–water partition coefficient (Wildman–Crippen LogP) is 6.91. The van der Waals surface area contributed by atoms with Crippen LogP contribution in [0.5, 0.6) is 0 Å². The number of aromatic nitrogens is 3. The van der Waals surface area contributed by atoms with Gasteiger partial charge in [-0.05, 0) is 67.9 Å². The largest absolute Gasteiger partial charge is 0.480 e. The molecule has 0 aliphatic carbocycles. The SMILES string of the molecule is O=C(O)C1CCCCN1Cc1nc(Nc2ccc(C(F)(F)F)cc2)c2ccc(-c3ncccc3C(F)(F)F)cc2n1. The third-order valence-electron chi connectivity index (χ3n) is 6.85. The highest BCUT2D eigenvalue weighted by Gasteiger charge is 2.34. The van der Waals surface area contributed by atoms with Crippen LogP contribution in [0.1, 0.15) is 36.2 Å². The first-order chi connectivity index (χ1) is 19.4. The summed E-state index contributed by atoms with van der Waals surface area (Å²) in [5.41, 5.74) is -1.35. The monoisotopic (exact) mass is 575 g/mol. The smallest absolute Gasteiger partial charge is 0.418 e. The average molecular weight is 576 g/mol. The fraction of sp³-hybridized carbons (Fsp3) is 0.286. The lowest BCUT2D eigenvalue weighted by molar-refractivity contribution is -0.145. The summed E-state index contributed by atoms with van der Waals surface area (Å²) in [6.45, 7) is 0.541. The van der Waals surface area contributed by atoms with E-state index in [-0.39, 0.29) is 35.0 Å². The zero-order chi connectivity index (χ0) is 29.4. The molecule has 2 N–H and O–H groups in total. The van der Waals surface area contributed by atoms with Gasteiger partial charge in [-0.2, -0.15) is 26.3 Å². The fourth-order valence-corrected chi connectivity index (χ4v) is 4.88. The third-order valence-corrected chi connectivity index (χ3v) is 6.85. The highest BCUT2D eigenvalue weighted by atomic mass is 19.4. The van der Waals surface area contributed by atoms with E-state index in [1.165, 1.54) is 42.6 Å². The van der Waals surface area contributed by atoms with Gasteiger partial charge in [0.2, 0.25) is 0 Å². The van der Waals surface area contributed by atoms with Gasteiger partial charge in [0.25, 0.3) is 0 Å². The number of fused-ring (bicyclic) bond motifs is 1. The van der Waals surface area contributed by atoms with Crippen LogP contribution in [0.3, 0.4) is 0 Å². The number of nitrogens with one attached hydrogen (secondary N) is 1. The van der Waals surface area contributed by atoms with Gasteiger partial charge < -0.3 is 10.4 Å². The molecule has 5 rings (SSSR count). The summed E-state index contributed by atoms with van der Waals surface area (Å²) in [5, 5.41) is 13.0. The molecule has 2 aromatic heterocycles. The number of carboxylic acids is 1. The minimum absolute atomic E-state index is 0.0518. The number of likely N-dealkylation sites (tertiary alicyclic amines) is 1. The standard InChI is InChI=1S/C28H23F6N5O2/c29-27(30,31)17-7-9-18(10-8-17)36-25-19-11-6-16(24-20(28(32,33)34)4-3-12-35-24)14-21(19)37-23(38-25)15-39-13-2-1-5-22(39)26(40)41/h3-4,6-12,14,22H,1-2,5,13,15H2,(H,40,41)(H,36,37,38). The Labute approximate surface area is 229 Å². The first kappa shape index (κ1) is 28.3. The number of carboxylic acid groups (broad SMARTS) is 1. The van der Waals surface area contributed by atoms with E-state index in [2.05, 4.69) is 20.3 Å². The molecule has 1 fully saturated rings. The number of nitrogens with zero attached hydrogens (tertiary/aromatic N) is 4. The van der Waals surface area contributed by atoms with Gasteiger partial charge >= 0.3 is 18.3 Å². The Bertz CT molecular complexity index is 1570. The van der Waals surface area contributed by atoms with Crippen LogP contribution in [0.15, 0.2) is 60.8 Å². The molecule has 13 heteroatoms. The topological polar surface area (TPSA) is 91.2 Å². The van der Waals surface area contributed by atoms with Gasteiger partial charge in [-0.25, -0.2) is 9.97 Å². The van der Waals surface area contributed by atoms with Crippen molar-refractivity contribution in [2.24, 2.45) is 0 Å². The Balaban J connectivity index is 1.59.